The maximum absolute atomic E-state index is 5.78. The molecule has 4 heterocycles. The van der Waals surface area contributed by atoms with E-state index in [4.69, 9.17) is 11.6 Å². The number of halogens is 1. The Labute approximate surface area is 243 Å². The fourth-order valence-electron chi connectivity index (χ4n) is 4.81. The molecule has 7 aromatic rings. The number of fused-ring (bicyclic) bond motifs is 2. The van der Waals surface area contributed by atoms with E-state index in [2.05, 4.69) is 87.0 Å². The van der Waals surface area contributed by atoms with Gasteiger partial charge >= 0.3 is 0 Å². The third kappa shape index (κ3) is 5.53. The van der Waals surface area contributed by atoms with Crippen LogP contribution in [0.5, 0.6) is 0 Å². The molecule has 202 valence electrons. The van der Waals surface area contributed by atoms with Crippen LogP contribution in [0.3, 0.4) is 0 Å². The molecule has 3 aromatic carbocycles. The molecule has 0 aliphatic heterocycles. The second kappa shape index (κ2) is 11.2. The molecule has 0 radical (unpaired) electrons. The van der Waals surface area contributed by atoms with Crippen molar-refractivity contribution < 1.29 is 0 Å². The molecule has 1 N–H and O–H groups in total. The summed E-state index contributed by atoms with van der Waals surface area (Å²) in [5.74, 6) is 2.22. The third-order valence-corrected chi connectivity index (χ3v) is 7.31. The van der Waals surface area contributed by atoms with E-state index in [1.165, 1.54) is 27.5 Å². The second-order valence-corrected chi connectivity index (χ2v) is 10.1. The normalized spacial score (nSPS) is 10.9. The molecule has 8 heteroatoms. The van der Waals surface area contributed by atoms with Crippen molar-refractivity contribution in [2.24, 2.45) is 0 Å². The van der Waals surface area contributed by atoms with Gasteiger partial charge in [0.2, 0.25) is 11.2 Å². The number of aromatic nitrogens is 6. The van der Waals surface area contributed by atoms with E-state index in [-0.39, 0.29) is 5.28 Å². The Hall–Kier alpha value is -5.01. The van der Waals surface area contributed by atoms with Crippen LogP contribution in [-0.2, 0) is 0 Å². The Morgan fingerprint density at radius 3 is 1.76 bits per heavy atom. The number of hydrogen-bond acceptors (Lipinski definition) is 5. The Balaban J connectivity index is 0.000000162. The summed E-state index contributed by atoms with van der Waals surface area (Å²) in [5.41, 5.74) is 7.09. The summed E-state index contributed by atoms with van der Waals surface area (Å²) in [6.45, 7) is 6.39. The molecule has 0 unspecified atom stereocenters. The van der Waals surface area contributed by atoms with Crippen molar-refractivity contribution in [3.8, 4) is 11.6 Å². The van der Waals surface area contributed by atoms with E-state index in [0.29, 0.717) is 5.95 Å². The SMILES string of the molecule is Cc1cc(Nc2nccc(-n3ccc4ccccc43)n2)cc(C)c1C.Clc1nccc(-n2ccc3ccccc32)n1. The largest absolute Gasteiger partial charge is 0.324 e. The molecule has 0 fully saturated rings. The van der Waals surface area contributed by atoms with Crippen LogP contribution in [0.15, 0.2) is 110 Å². The minimum Gasteiger partial charge on any atom is -0.324 e. The smallest absolute Gasteiger partial charge is 0.229 e. The van der Waals surface area contributed by atoms with Gasteiger partial charge in [0.15, 0.2) is 0 Å². The van der Waals surface area contributed by atoms with Gasteiger partial charge in [0.1, 0.15) is 11.6 Å². The molecule has 0 saturated heterocycles. The third-order valence-electron chi connectivity index (χ3n) is 7.13. The van der Waals surface area contributed by atoms with E-state index in [0.717, 1.165) is 28.4 Å². The van der Waals surface area contributed by atoms with E-state index >= 15 is 0 Å². The van der Waals surface area contributed by atoms with Crippen LogP contribution in [0.1, 0.15) is 16.7 Å². The van der Waals surface area contributed by atoms with Gasteiger partial charge in [0.25, 0.3) is 0 Å². The van der Waals surface area contributed by atoms with Crippen LogP contribution >= 0.6 is 11.6 Å². The zero-order chi connectivity index (χ0) is 28.3. The van der Waals surface area contributed by atoms with Crippen LogP contribution in [0, 0.1) is 20.8 Å². The average Bonchev–Trinajstić information content (AvgIpc) is 3.61. The molecule has 0 atom stereocenters. The lowest BCUT2D eigenvalue weighted by atomic mass is 10.0. The molecule has 0 aliphatic carbocycles. The van der Waals surface area contributed by atoms with Crippen molar-refractivity contribution in [3.63, 3.8) is 0 Å². The van der Waals surface area contributed by atoms with Gasteiger partial charge in [-0.1, -0.05) is 36.4 Å². The molecular weight excluding hydrogens is 530 g/mol. The Morgan fingerprint density at radius 1 is 0.634 bits per heavy atom. The van der Waals surface area contributed by atoms with Crippen LogP contribution in [0.4, 0.5) is 11.6 Å². The number of hydrogen-bond donors (Lipinski definition) is 1. The number of aryl methyl sites for hydroxylation is 2. The average molecular weight is 558 g/mol. The first kappa shape index (κ1) is 26.2. The standard InChI is InChI=1S/C21H20N4.C12H8ClN3/c1-14-12-18(13-15(2)16(14)3)23-21-22-10-8-20(24-21)25-11-9-17-6-4-5-7-19(17)25;13-12-14-7-5-11(15-12)16-8-6-9-3-1-2-4-10(9)16/h4-13H,1-3H3,(H,22,23,24);1-8H. The fraction of sp³-hybridized carbons (Fsp3) is 0.0909. The van der Waals surface area contributed by atoms with Crippen molar-refractivity contribution in [2.45, 2.75) is 20.8 Å². The minimum atomic E-state index is 0.260. The summed E-state index contributed by atoms with van der Waals surface area (Å²) in [7, 11) is 0. The maximum Gasteiger partial charge on any atom is 0.229 e. The molecule has 4 aromatic heterocycles. The molecule has 41 heavy (non-hydrogen) atoms. The first-order valence-electron chi connectivity index (χ1n) is 13.3. The van der Waals surface area contributed by atoms with E-state index in [1.54, 1.807) is 12.4 Å². The second-order valence-electron chi connectivity index (χ2n) is 9.77. The van der Waals surface area contributed by atoms with Gasteiger partial charge in [-0.25, -0.2) is 9.97 Å². The van der Waals surface area contributed by atoms with Crippen molar-refractivity contribution in [2.75, 3.05) is 5.32 Å². The molecule has 0 bridgehead atoms. The van der Waals surface area contributed by atoms with Gasteiger partial charge in [0, 0.05) is 30.5 Å². The minimum absolute atomic E-state index is 0.260. The van der Waals surface area contributed by atoms with Gasteiger partial charge in [-0.05, 0) is 108 Å². The highest BCUT2D eigenvalue weighted by atomic mass is 35.5. The number of nitrogens with one attached hydrogen (secondary N) is 1. The molecule has 7 nitrogen and oxygen atoms in total. The summed E-state index contributed by atoms with van der Waals surface area (Å²) in [4.78, 5) is 17.1. The zero-order valence-electron chi connectivity index (χ0n) is 23.0. The van der Waals surface area contributed by atoms with E-state index in [1.807, 2.05) is 65.5 Å². The van der Waals surface area contributed by atoms with Crippen LogP contribution in [0.25, 0.3) is 33.4 Å². The van der Waals surface area contributed by atoms with Crippen molar-refractivity contribution in [1.82, 2.24) is 29.1 Å². The van der Waals surface area contributed by atoms with Crippen LogP contribution in [0.2, 0.25) is 5.28 Å². The van der Waals surface area contributed by atoms with E-state index in [9.17, 15) is 0 Å². The highest BCUT2D eigenvalue weighted by Gasteiger charge is 2.08. The first-order valence-corrected chi connectivity index (χ1v) is 13.6. The summed E-state index contributed by atoms with van der Waals surface area (Å²) in [6, 6.07) is 28.6. The van der Waals surface area contributed by atoms with Crippen molar-refractivity contribution in [1.29, 1.82) is 0 Å². The Bertz CT molecular complexity index is 1970. The zero-order valence-corrected chi connectivity index (χ0v) is 23.7. The number of nitrogens with zero attached hydrogens (tertiary/aromatic N) is 6. The lowest BCUT2D eigenvalue weighted by molar-refractivity contribution is 1.01. The highest BCUT2D eigenvalue weighted by molar-refractivity contribution is 6.28. The summed E-state index contributed by atoms with van der Waals surface area (Å²) < 4.78 is 4.07. The van der Waals surface area contributed by atoms with Gasteiger partial charge < -0.3 is 14.5 Å². The summed E-state index contributed by atoms with van der Waals surface area (Å²) in [6.07, 6.45) is 7.45. The predicted octanol–water partition coefficient (Wildman–Crippen LogP) is 8.16. The molecule has 0 spiro atoms. The Kier molecular flexibility index (Phi) is 7.18. The van der Waals surface area contributed by atoms with Gasteiger partial charge in [-0.2, -0.15) is 9.97 Å². The number of rotatable bonds is 4. The lowest BCUT2D eigenvalue weighted by Crippen LogP contribution is -2.02. The van der Waals surface area contributed by atoms with Crippen LogP contribution < -0.4 is 5.32 Å². The van der Waals surface area contributed by atoms with Crippen molar-refractivity contribution in [3.05, 3.63) is 132 Å². The van der Waals surface area contributed by atoms with Gasteiger partial charge in [-0.15, -0.1) is 0 Å². The maximum atomic E-state index is 5.78. The summed E-state index contributed by atoms with van der Waals surface area (Å²) in [5, 5.41) is 5.96. The molecular formula is C33H28ClN7. The molecule has 0 amide bonds. The lowest BCUT2D eigenvalue weighted by Gasteiger charge is -2.11. The molecule has 7 rings (SSSR count). The summed E-state index contributed by atoms with van der Waals surface area (Å²) >= 11 is 5.78. The molecule has 0 saturated carbocycles. The van der Waals surface area contributed by atoms with E-state index < -0.39 is 0 Å². The van der Waals surface area contributed by atoms with Crippen LogP contribution in [-0.4, -0.2) is 29.1 Å². The number of anilines is 2. The topological polar surface area (TPSA) is 73.5 Å². The predicted molar refractivity (Wildman–Crippen MR) is 167 cm³/mol. The fourth-order valence-corrected chi connectivity index (χ4v) is 4.95. The first-order chi connectivity index (χ1) is 20.0. The number of benzene rings is 3. The van der Waals surface area contributed by atoms with Crippen molar-refractivity contribution >= 4 is 45.0 Å². The molecule has 0 aliphatic rings. The quantitative estimate of drug-likeness (QED) is 0.221. The Morgan fingerprint density at radius 2 is 1.17 bits per heavy atom. The van der Waals surface area contributed by atoms with Gasteiger partial charge in [0.05, 0.1) is 11.0 Å². The van der Waals surface area contributed by atoms with Gasteiger partial charge in [-0.3, -0.25) is 0 Å². The monoisotopic (exact) mass is 557 g/mol. The highest BCUT2D eigenvalue weighted by Crippen LogP contribution is 2.23. The number of para-hydroxylation sites is 2.